The van der Waals surface area contributed by atoms with E-state index in [0.717, 1.165) is 36.8 Å². The van der Waals surface area contributed by atoms with E-state index in [1.807, 2.05) is 0 Å². The zero-order valence-electron chi connectivity index (χ0n) is 39.2. The maximum absolute atomic E-state index is 12.4. The summed E-state index contributed by atoms with van der Waals surface area (Å²) in [6.45, 7) is 5.74. The van der Waals surface area contributed by atoms with Crippen LogP contribution in [0.3, 0.4) is 0 Å². The van der Waals surface area contributed by atoms with Gasteiger partial charge in [-0.3, -0.25) is 9.59 Å². The summed E-state index contributed by atoms with van der Waals surface area (Å²) in [4.78, 5) is 24.7. The predicted octanol–water partition coefficient (Wildman–Crippen LogP) is 17.3. The van der Waals surface area contributed by atoms with E-state index in [2.05, 4.69) is 48.7 Å². The lowest BCUT2D eigenvalue weighted by Crippen LogP contribution is -2.23. The van der Waals surface area contributed by atoms with Gasteiger partial charge in [-0.2, -0.15) is 0 Å². The van der Waals surface area contributed by atoms with Gasteiger partial charge in [-0.05, 0) is 24.0 Å². The van der Waals surface area contributed by atoms with Gasteiger partial charge in [0, 0.05) is 25.9 Å². The molecular formula is C54H100N2O2. The highest BCUT2D eigenvalue weighted by Gasteiger charge is 2.05. The first-order chi connectivity index (χ1) is 28.7. The van der Waals surface area contributed by atoms with Gasteiger partial charge in [0.15, 0.2) is 0 Å². The summed E-state index contributed by atoms with van der Waals surface area (Å²) in [7, 11) is 0. The molecule has 0 aliphatic rings. The summed E-state index contributed by atoms with van der Waals surface area (Å²) in [5.41, 5.74) is 2.22. The Morgan fingerprint density at radius 1 is 0.293 bits per heavy atom. The van der Waals surface area contributed by atoms with Gasteiger partial charge >= 0.3 is 0 Å². The third kappa shape index (κ3) is 39.6. The lowest BCUT2D eigenvalue weighted by molar-refractivity contribution is -0.122. The van der Waals surface area contributed by atoms with E-state index in [1.165, 1.54) is 231 Å². The minimum Gasteiger partial charge on any atom is -0.352 e. The van der Waals surface area contributed by atoms with Crippen molar-refractivity contribution in [3.8, 4) is 0 Å². The van der Waals surface area contributed by atoms with E-state index in [9.17, 15) is 9.59 Å². The third-order valence-electron chi connectivity index (χ3n) is 12.5. The number of carbonyl (C=O) groups excluding carboxylic acids is 2. The van der Waals surface area contributed by atoms with Crippen LogP contribution >= 0.6 is 0 Å². The third-order valence-corrected chi connectivity index (χ3v) is 12.5. The standard InChI is InChI=1S/C54H100N2O2/c1-3-5-7-9-11-13-15-17-19-21-23-25-27-29-31-33-35-37-39-41-43-53(57)55-49-51-45-47-52(48-46-51)50-56-54(58)44-42-40-38-36-34-32-30-28-26-24-22-20-18-16-14-12-10-8-6-4-2/h45-48H,3-44,49-50H2,1-2H3,(H,55,57)(H,56,58). The zero-order valence-corrected chi connectivity index (χ0v) is 39.2. The molecule has 2 N–H and O–H groups in total. The summed E-state index contributed by atoms with van der Waals surface area (Å²) >= 11 is 0. The van der Waals surface area contributed by atoms with Crippen LogP contribution in [-0.4, -0.2) is 11.8 Å². The normalized spacial score (nSPS) is 11.3. The molecule has 0 unspecified atom stereocenters. The van der Waals surface area contributed by atoms with Crippen molar-refractivity contribution in [3.05, 3.63) is 35.4 Å². The number of unbranched alkanes of at least 4 members (excludes halogenated alkanes) is 38. The zero-order chi connectivity index (χ0) is 41.7. The Bertz CT molecular complexity index is 912. The Kier molecular flexibility index (Phi) is 41.8. The highest BCUT2D eigenvalue weighted by atomic mass is 16.2. The van der Waals surface area contributed by atoms with Crippen LogP contribution in [0.1, 0.15) is 295 Å². The Morgan fingerprint density at radius 3 is 0.655 bits per heavy atom. The Balaban J connectivity index is 1.84. The van der Waals surface area contributed by atoms with Crippen LogP contribution in [0.4, 0.5) is 0 Å². The molecule has 4 nitrogen and oxygen atoms in total. The summed E-state index contributed by atoms with van der Waals surface area (Å²) in [6, 6.07) is 8.27. The molecular weight excluding hydrogens is 709 g/mol. The first-order valence-corrected chi connectivity index (χ1v) is 26.3. The van der Waals surface area contributed by atoms with Crippen LogP contribution in [0.25, 0.3) is 0 Å². The molecule has 0 aromatic heterocycles. The van der Waals surface area contributed by atoms with Gasteiger partial charge in [0.05, 0.1) is 0 Å². The second-order valence-electron chi connectivity index (χ2n) is 18.3. The van der Waals surface area contributed by atoms with E-state index in [4.69, 9.17) is 0 Å². The van der Waals surface area contributed by atoms with Gasteiger partial charge in [0.25, 0.3) is 0 Å². The molecule has 0 bridgehead atoms. The van der Waals surface area contributed by atoms with Crippen molar-refractivity contribution in [2.45, 2.75) is 297 Å². The molecule has 2 amide bonds. The first-order valence-electron chi connectivity index (χ1n) is 26.3. The molecule has 0 fully saturated rings. The van der Waals surface area contributed by atoms with Crippen molar-refractivity contribution in [1.29, 1.82) is 0 Å². The molecule has 1 aromatic rings. The van der Waals surface area contributed by atoms with Gasteiger partial charge in [0.1, 0.15) is 0 Å². The fraction of sp³-hybridized carbons (Fsp3) is 0.852. The van der Waals surface area contributed by atoms with E-state index >= 15 is 0 Å². The molecule has 0 atom stereocenters. The summed E-state index contributed by atoms with van der Waals surface area (Å²) in [6.07, 6.45) is 56.2. The van der Waals surface area contributed by atoms with Gasteiger partial charge < -0.3 is 10.6 Å². The maximum atomic E-state index is 12.4. The number of hydrogen-bond donors (Lipinski definition) is 2. The lowest BCUT2D eigenvalue weighted by atomic mass is 10.0. The van der Waals surface area contributed by atoms with Crippen LogP contribution in [-0.2, 0) is 22.7 Å². The highest BCUT2D eigenvalue weighted by Crippen LogP contribution is 2.17. The Morgan fingerprint density at radius 2 is 0.466 bits per heavy atom. The van der Waals surface area contributed by atoms with Crippen LogP contribution in [0.2, 0.25) is 0 Å². The number of carbonyl (C=O) groups is 2. The van der Waals surface area contributed by atoms with Crippen LogP contribution in [0.5, 0.6) is 0 Å². The minimum absolute atomic E-state index is 0.156. The molecule has 0 heterocycles. The molecule has 0 spiro atoms. The van der Waals surface area contributed by atoms with E-state index in [0.29, 0.717) is 25.9 Å². The van der Waals surface area contributed by atoms with Gasteiger partial charge in [0.2, 0.25) is 11.8 Å². The van der Waals surface area contributed by atoms with Crippen molar-refractivity contribution in [1.82, 2.24) is 10.6 Å². The fourth-order valence-corrected chi connectivity index (χ4v) is 8.43. The van der Waals surface area contributed by atoms with Crippen LogP contribution in [0.15, 0.2) is 24.3 Å². The van der Waals surface area contributed by atoms with Gasteiger partial charge in [-0.25, -0.2) is 0 Å². The smallest absolute Gasteiger partial charge is 0.220 e. The molecule has 338 valence electrons. The van der Waals surface area contributed by atoms with Crippen molar-refractivity contribution >= 4 is 11.8 Å². The summed E-state index contributed by atoms with van der Waals surface area (Å²) in [5, 5.41) is 6.18. The van der Waals surface area contributed by atoms with Crippen molar-refractivity contribution < 1.29 is 9.59 Å². The SMILES string of the molecule is CCCCCCCCCCCCCCCCCCCCCCC(=O)NCc1ccc(CNC(=O)CCCCCCCCCCCCCCCCCCCCCC)cc1. The average Bonchev–Trinajstić information content (AvgIpc) is 3.23. The second-order valence-corrected chi connectivity index (χ2v) is 18.3. The maximum Gasteiger partial charge on any atom is 0.220 e. The fourth-order valence-electron chi connectivity index (χ4n) is 8.43. The molecule has 0 aliphatic heterocycles. The molecule has 0 aliphatic carbocycles. The van der Waals surface area contributed by atoms with Crippen molar-refractivity contribution in [3.63, 3.8) is 0 Å². The van der Waals surface area contributed by atoms with Crippen LogP contribution < -0.4 is 10.6 Å². The highest BCUT2D eigenvalue weighted by molar-refractivity contribution is 5.76. The molecule has 58 heavy (non-hydrogen) atoms. The minimum atomic E-state index is 0.156. The Labute approximate surface area is 362 Å². The predicted molar refractivity (Wildman–Crippen MR) is 255 cm³/mol. The number of nitrogens with one attached hydrogen (secondary N) is 2. The first kappa shape index (κ1) is 54.2. The molecule has 0 radical (unpaired) electrons. The summed E-state index contributed by atoms with van der Waals surface area (Å²) < 4.78 is 0. The van der Waals surface area contributed by atoms with Crippen molar-refractivity contribution in [2.75, 3.05) is 0 Å². The van der Waals surface area contributed by atoms with Crippen molar-refractivity contribution in [2.24, 2.45) is 0 Å². The summed E-state index contributed by atoms with van der Waals surface area (Å²) in [5.74, 6) is 0.313. The molecule has 4 heteroatoms. The topological polar surface area (TPSA) is 58.2 Å². The van der Waals surface area contributed by atoms with E-state index in [1.54, 1.807) is 0 Å². The Hall–Kier alpha value is -1.84. The monoisotopic (exact) mass is 809 g/mol. The average molecular weight is 809 g/mol. The number of hydrogen-bond acceptors (Lipinski definition) is 2. The number of rotatable bonds is 46. The number of benzene rings is 1. The molecule has 1 aromatic carbocycles. The largest absolute Gasteiger partial charge is 0.352 e. The van der Waals surface area contributed by atoms with Gasteiger partial charge in [-0.15, -0.1) is 0 Å². The van der Waals surface area contributed by atoms with Crippen LogP contribution in [0, 0.1) is 0 Å². The lowest BCUT2D eigenvalue weighted by Gasteiger charge is -2.08. The van der Waals surface area contributed by atoms with E-state index < -0.39 is 0 Å². The molecule has 1 rings (SSSR count). The molecule has 0 saturated carbocycles. The quantitative estimate of drug-likeness (QED) is 0.0645. The number of amides is 2. The second kappa shape index (κ2) is 44.7. The van der Waals surface area contributed by atoms with E-state index in [-0.39, 0.29) is 11.8 Å². The van der Waals surface area contributed by atoms with Gasteiger partial charge in [-0.1, -0.05) is 282 Å². The molecule has 0 saturated heterocycles.